The van der Waals surface area contributed by atoms with E-state index in [0.29, 0.717) is 6.61 Å². The molecule has 37 heavy (non-hydrogen) atoms. The van der Waals surface area contributed by atoms with Crippen molar-refractivity contribution in [2.75, 3.05) is 24.6 Å². The minimum atomic E-state index is -5.08. The van der Waals surface area contributed by atoms with Gasteiger partial charge >= 0.3 is 24.3 Å². The highest BCUT2D eigenvalue weighted by molar-refractivity contribution is 7.15. The predicted octanol–water partition coefficient (Wildman–Crippen LogP) is 3.72. The number of anilines is 1. The molecular weight excluding hydrogens is 538 g/mol. The summed E-state index contributed by atoms with van der Waals surface area (Å²) in [5.41, 5.74) is -0.120. The second-order valence-electron chi connectivity index (χ2n) is 7.86. The first-order chi connectivity index (χ1) is 17.1. The number of aryl methyl sites for hydroxylation is 1. The maximum absolute atomic E-state index is 10.6. The number of rotatable bonds is 3. The smallest absolute Gasteiger partial charge is 0.486 e. The number of halogens is 6. The summed E-state index contributed by atoms with van der Waals surface area (Å²) in [4.78, 5) is 24.2. The number of carboxylic acid groups (broad SMARTS) is 2. The Kier molecular flexibility index (Phi) is 10.0. The van der Waals surface area contributed by atoms with Crippen LogP contribution in [0.2, 0.25) is 0 Å². The van der Waals surface area contributed by atoms with Gasteiger partial charge in [0.15, 0.2) is 0 Å². The van der Waals surface area contributed by atoms with Gasteiger partial charge in [0.1, 0.15) is 16.9 Å². The van der Waals surface area contributed by atoms with Crippen LogP contribution in [0, 0.1) is 6.92 Å². The molecule has 0 unspecified atom stereocenters. The molecule has 4 rings (SSSR count). The number of pyridine rings is 1. The van der Waals surface area contributed by atoms with Crippen LogP contribution in [0.3, 0.4) is 0 Å². The van der Waals surface area contributed by atoms with E-state index in [1.54, 1.807) is 23.7 Å². The summed E-state index contributed by atoms with van der Waals surface area (Å²) in [5.74, 6) is -4.70. The predicted molar refractivity (Wildman–Crippen MR) is 115 cm³/mol. The number of ether oxygens (including phenoxy) is 2. The van der Waals surface area contributed by atoms with Crippen LogP contribution >= 0.6 is 11.3 Å². The van der Waals surface area contributed by atoms with Crippen molar-refractivity contribution in [2.24, 2.45) is 0 Å². The fourth-order valence-electron chi connectivity index (χ4n) is 3.45. The molecular formula is C20H22F6N4O6S. The monoisotopic (exact) mass is 560 g/mol. The Balaban J connectivity index is 0.000000286. The molecule has 2 N–H and O–H groups in total. The van der Waals surface area contributed by atoms with Crippen molar-refractivity contribution in [3.63, 3.8) is 0 Å². The quantitative estimate of drug-likeness (QED) is 0.535. The van der Waals surface area contributed by atoms with Gasteiger partial charge in [-0.15, -0.1) is 10.2 Å². The molecule has 10 nitrogen and oxygen atoms in total. The maximum atomic E-state index is 10.6. The minimum absolute atomic E-state index is 0.0929. The number of carbonyl (C=O) groups is 2. The number of aromatic nitrogens is 3. The Hall–Kier alpha value is -3.21. The molecule has 2 aliphatic heterocycles. The summed E-state index contributed by atoms with van der Waals surface area (Å²) in [5, 5.41) is 24.7. The Morgan fingerprint density at radius 2 is 1.78 bits per heavy atom. The summed E-state index contributed by atoms with van der Waals surface area (Å²) in [6, 6.07) is 3.83. The summed E-state index contributed by atoms with van der Waals surface area (Å²) in [7, 11) is 0. The van der Waals surface area contributed by atoms with Gasteiger partial charge in [0.2, 0.25) is 5.13 Å². The second kappa shape index (κ2) is 12.4. The first-order valence-corrected chi connectivity index (χ1v) is 11.3. The number of piperidine rings is 1. The Morgan fingerprint density at radius 1 is 1.16 bits per heavy atom. The highest BCUT2D eigenvalue weighted by Gasteiger charge is 2.45. The fraction of sp³-hybridized carbons (Fsp3) is 0.550. The largest absolute Gasteiger partial charge is 0.490 e. The van der Waals surface area contributed by atoms with Crippen LogP contribution in [0.25, 0.3) is 0 Å². The van der Waals surface area contributed by atoms with E-state index in [4.69, 9.17) is 29.3 Å². The number of alkyl halides is 6. The van der Waals surface area contributed by atoms with Gasteiger partial charge in [0, 0.05) is 25.7 Å². The van der Waals surface area contributed by atoms with Crippen molar-refractivity contribution < 1.29 is 55.6 Å². The lowest BCUT2D eigenvalue weighted by molar-refractivity contribution is -0.193. The van der Waals surface area contributed by atoms with Crippen LogP contribution in [0.15, 0.2) is 24.5 Å². The van der Waals surface area contributed by atoms with Gasteiger partial charge in [0.05, 0.1) is 18.4 Å². The van der Waals surface area contributed by atoms with Crippen LogP contribution in [0.4, 0.5) is 31.5 Å². The van der Waals surface area contributed by atoms with E-state index in [1.165, 1.54) is 0 Å². The highest BCUT2D eigenvalue weighted by atomic mass is 32.1. The standard InChI is InChI=1S/C16H20N4O2S.2C2HF3O2/c1-12-18-19-15(23-12)20-7-3-5-16(11-20)8-14(10-21-16)22-13-4-2-6-17-9-13;2*3-2(4,5)1(6)7/h2,4,6,9,14H,3,5,7-8,10-11H2,1H3;2*(H,6,7)/t14-,16+;;/m1../s1. The van der Waals surface area contributed by atoms with Crippen molar-refractivity contribution in [1.82, 2.24) is 15.2 Å². The second-order valence-corrected chi connectivity index (χ2v) is 9.02. The Labute approximate surface area is 209 Å². The van der Waals surface area contributed by atoms with Gasteiger partial charge in [0.25, 0.3) is 0 Å². The number of carboxylic acids is 2. The molecule has 0 saturated carbocycles. The normalized spacial score (nSPS) is 21.4. The molecule has 2 atom stereocenters. The topological polar surface area (TPSA) is 135 Å². The lowest BCUT2D eigenvalue weighted by Gasteiger charge is -2.39. The van der Waals surface area contributed by atoms with Crippen LogP contribution in [-0.4, -0.2) is 81.1 Å². The number of nitrogens with zero attached hydrogens (tertiary/aromatic N) is 4. The third-order valence-corrected chi connectivity index (χ3v) is 5.82. The molecule has 4 heterocycles. The van der Waals surface area contributed by atoms with Crippen molar-refractivity contribution in [2.45, 2.75) is 50.2 Å². The Morgan fingerprint density at radius 3 is 2.27 bits per heavy atom. The van der Waals surface area contributed by atoms with E-state index in [0.717, 1.165) is 48.2 Å². The molecule has 2 aromatic rings. The number of hydrogen-bond acceptors (Lipinski definition) is 9. The molecule has 0 bridgehead atoms. The van der Waals surface area contributed by atoms with Crippen LogP contribution in [0.5, 0.6) is 5.75 Å². The highest BCUT2D eigenvalue weighted by Crippen LogP contribution is 2.38. The lowest BCUT2D eigenvalue weighted by Crippen LogP contribution is -2.48. The molecule has 2 saturated heterocycles. The third-order valence-electron chi connectivity index (χ3n) is 4.92. The van der Waals surface area contributed by atoms with Crippen molar-refractivity contribution in [3.8, 4) is 5.75 Å². The van der Waals surface area contributed by atoms with Crippen LogP contribution < -0.4 is 9.64 Å². The maximum Gasteiger partial charge on any atom is 0.490 e. The molecule has 206 valence electrons. The Bertz CT molecular complexity index is 1010. The van der Waals surface area contributed by atoms with Gasteiger partial charge in [-0.3, -0.25) is 4.98 Å². The first-order valence-electron chi connectivity index (χ1n) is 10.5. The summed E-state index contributed by atoms with van der Waals surface area (Å²) in [6.07, 6.45) is -3.47. The number of hydrogen-bond donors (Lipinski definition) is 2. The molecule has 0 aliphatic carbocycles. The molecule has 0 aromatic carbocycles. The third kappa shape index (κ3) is 9.64. The van der Waals surface area contributed by atoms with Crippen molar-refractivity contribution in [1.29, 1.82) is 0 Å². The SMILES string of the molecule is Cc1nnc(N2CCC[C@]3(C[C@@H](Oc4cccnc4)CO3)C2)s1.O=C(O)C(F)(F)F.O=C(O)C(F)(F)F. The zero-order valence-corrected chi connectivity index (χ0v) is 19.9. The van der Waals surface area contributed by atoms with E-state index in [9.17, 15) is 26.3 Å². The summed E-state index contributed by atoms with van der Waals surface area (Å²) >= 11 is 1.65. The zero-order valence-electron chi connectivity index (χ0n) is 19.1. The molecule has 2 aromatic heterocycles. The van der Waals surface area contributed by atoms with Gasteiger partial charge < -0.3 is 24.6 Å². The molecule has 17 heteroatoms. The van der Waals surface area contributed by atoms with Gasteiger partial charge in [-0.2, -0.15) is 26.3 Å². The molecule has 2 fully saturated rings. The molecule has 0 radical (unpaired) electrons. The average Bonchev–Trinajstić information content (AvgIpc) is 3.40. The van der Waals surface area contributed by atoms with Crippen molar-refractivity contribution >= 4 is 28.4 Å². The van der Waals surface area contributed by atoms with Gasteiger partial charge in [-0.25, -0.2) is 9.59 Å². The van der Waals surface area contributed by atoms with E-state index in [2.05, 4.69) is 20.1 Å². The van der Waals surface area contributed by atoms with E-state index >= 15 is 0 Å². The summed E-state index contributed by atoms with van der Waals surface area (Å²) < 4.78 is 75.7. The van der Waals surface area contributed by atoms with Crippen LogP contribution in [-0.2, 0) is 14.3 Å². The zero-order chi connectivity index (χ0) is 27.9. The van der Waals surface area contributed by atoms with E-state index in [1.807, 2.05) is 19.1 Å². The molecule has 2 aliphatic rings. The number of aliphatic carboxylic acids is 2. The average molecular weight is 560 g/mol. The van der Waals surface area contributed by atoms with E-state index < -0.39 is 24.3 Å². The molecule has 0 amide bonds. The van der Waals surface area contributed by atoms with Crippen molar-refractivity contribution in [3.05, 3.63) is 29.5 Å². The van der Waals surface area contributed by atoms with E-state index in [-0.39, 0.29) is 11.7 Å². The lowest BCUT2D eigenvalue weighted by atomic mass is 9.89. The minimum Gasteiger partial charge on any atom is -0.486 e. The van der Waals surface area contributed by atoms with Crippen LogP contribution in [0.1, 0.15) is 24.3 Å². The summed E-state index contributed by atoms with van der Waals surface area (Å²) in [6.45, 7) is 4.52. The first kappa shape index (κ1) is 30.0. The van der Waals surface area contributed by atoms with Gasteiger partial charge in [-0.05, 0) is 31.9 Å². The fourth-order valence-corrected chi connectivity index (χ4v) is 4.16. The van der Waals surface area contributed by atoms with Gasteiger partial charge in [-0.1, -0.05) is 11.3 Å². The molecule has 1 spiro atoms.